The molecule has 0 atom stereocenters. The van der Waals surface area contributed by atoms with Crippen LogP contribution < -0.4 is 5.32 Å². The van der Waals surface area contributed by atoms with Crippen molar-refractivity contribution in [2.45, 2.75) is 24.0 Å². The lowest BCUT2D eigenvalue weighted by molar-refractivity contribution is -0.113. The summed E-state index contributed by atoms with van der Waals surface area (Å²) in [5.74, 6) is 1.02. The van der Waals surface area contributed by atoms with Gasteiger partial charge in [-0.2, -0.15) is 0 Å². The summed E-state index contributed by atoms with van der Waals surface area (Å²) in [5, 5.41) is 14.8. The van der Waals surface area contributed by atoms with Gasteiger partial charge in [-0.15, -0.1) is 21.5 Å². The van der Waals surface area contributed by atoms with Crippen LogP contribution in [0.5, 0.6) is 0 Å². The number of hydrogen-bond donors (Lipinski definition) is 1. The van der Waals surface area contributed by atoms with Crippen molar-refractivity contribution in [3.05, 3.63) is 45.2 Å². The number of carbonyl (C=O) groups excluding carboxylic acids is 1. The number of rotatable bonds is 6. The molecule has 1 fully saturated rings. The topological polar surface area (TPSA) is 59.8 Å². The van der Waals surface area contributed by atoms with Gasteiger partial charge in [0.1, 0.15) is 0 Å². The molecule has 0 bridgehead atoms. The zero-order chi connectivity index (χ0) is 18.1. The monoisotopic (exact) mass is 468 g/mol. The van der Waals surface area contributed by atoms with Crippen LogP contribution in [0.1, 0.15) is 18.9 Å². The molecule has 1 aliphatic carbocycles. The number of aromatic nitrogens is 3. The summed E-state index contributed by atoms with van der Waals surface area (Å²) < 4.78 is 3.03. The molecule has 0 unspecified atom stereocenters. The van der Waals surface area contributed by atoms with Crippen LogP contribution in [0.4, 0.5) is 5.69 Å². The standard InChI is InChI=1S/C17H14BrClN4OS2/c18-10-3-6-13(12(19)8-10)20-15(24)9-26-17-22-21-16(14-2-1-7-25-14)23(17)11-4-5-11/h1-3,6-8,11H,4-5,9H2,(H,20,24). The quantitative estimate of drug-likeness (QED) is 0.485. The van der Waals surface area contributed by atoms with Crippen LogP contribution >= 0.6 is 50.6 Å². The number of thiophene rings is 1. The molecule has 1 saturated carbocycles. The number of amides is 1. The minimum absolute atomic E-state index is 0.123. The van der Waals surface area contributed by atoms with E-state index in [2.05, 4.69) is 36.0 Å². The van der Waals surface area contributed by atoms with Crippen molar-refractivity contribution in [1.29, 1.82) is 0 Å². The van der Waals surface area contributed by atoms with Crippen molar-refractivity contribution in [2.24, 2.45) is 0 Å². The molecule has 0 aliphatic heterocycles. The third-order valence-electron chi connectivity index (χ3n) is 3.86. The number of nitrogens with zero attached hydrogens (tertiary/aromatic N) is 3. The molecule has 3 aromatic rings. The Morgan fingerprint density at radius 3 is 2.92 bits per heavy atom. The molecule has 2 aromatic heterocycles. The van der Waals surface area contributed by atoms with Crippen LogP contribution in [0.3, 0.4) is 0 Å². The molecule has 1 N–H and O–H groups in total. The zero-order valence-electron chi connectivity index (χ0n) is 13.5. The lowest BCUT2D eigenvalue weighted by Gasteiger charge is -2.09. The highest BCUT2D eigenvalue weighted by Gasteiger charge is 2.30. The van der Waals surface area contributed by atoms with E-state index in [0.29, 0.717) is 16.8 Å². The first-order chi connectivity index (χ1) is 12.6. The summed E-state index contributed by atoms with van der Waals surface area (Å²) in [7, 11) is 0. The lowest BCUT2D eigenvalue weighted by Crippen LogP contribution is -2.15. The van der Waals surface area contributed by atoms with Crippen molar-refractivity contribution in [3.8, 4) is 10.7 Å². The van der Waals surface area contributed by atoms with Crippen molar-refractivity contribution < 1.29 is 4.79 Å². The second-order valence-electron chi connectivity index (χ2n) is 5.85. The predicted molar refractivity (Wildman–Crippen MR) is 110 cm³/mol. The fraction of sp³-hybridized carbons (Fsp3) is 0.235. The molecule has 0 spiro atoms. The Labute approximate surface area is 172 Å². The Bertz CT molecular complexity index is 940. The fourth-order valence-electron chi connectivity index (χ4n) is 2.52. The normalized spacial score (nSPS) is 13.8. The molecule has 1 aliphatic rings. The molecule has 4 rings (SSSR count). The van der Waals surface area contributed by atoms with Gasteiger partial charge in [0.05, 0.1) is 21.3 Å². The Morgan fingerprint density at radius 1 is 1.38 bits per heavy atom. The van der Waals surface area contributed by atoms with Crippen LogP contribution in [0.15, 0.2) is 45.3 Å². The van der Waals surface area contributed by atoms with E-state index < -0.39 is 0 Å². The van der Waals surface area contributed by atoms with Gasteiger partial charge in [0.2, 0.25) is 5.91 Å². The van der Waals surface area contributed by atoms with Crippen molar-refractivity contribution in [3.63, 3.8) is 0 Å². The molecule has 2 heterocycles. The van der Waals surface area contributed by atoms with Crippen molar-refractivity contribution >= 4 is 62.2 Å². The minimum atomic E-state index is -0.123. The van der Waals surface area contributed by atoms with Gasteiger partial charge in [-0.25, -0.2) is 0 Å². The number of carbonyl (C=O) groups is 1. The summed E-state index contributed by atoms with van der Waals surface area (Å²) in [5.41, 5.74) is 0.600. The van der Waals surface area contributed by atoms with E-state index in [1.807, 2.05) is 23.6 Å². The molecular weight excluding hydrogens is 456 g/mol. The maximum absolute atomic E-state index is 12.3. The molecule has 1 aromatic carbocycles. The third kappa shape index (κ3) is 3.98. The summed E-state index contributed by atoms with van der Waals surface area (Å²) in [6.45, 7) is 0. The number of benzene rings is 1. The van der Waals surface area contributed by atoms with Gasteiger partial charge in [-0.05, 0) is 42.5 Å². The number of anilines is 1. The van der Waals surface area contributed by atoms with Gasteiger partial charge in [0.15, 0.2) is 11.0 Å². The van der Waals surface area contributed by atoms with Gasteiger partial charge in [0, 0.05) is 10.5 Å². The summed E-state index contributed by atoms with van der Waals surface area (Å²) in [6, 6.07) is 9.86. The fourth-order valence-corrected chi connectivity index (χ4v) is 4.75. The number of thioether (sulfide) groups is 1. The first kappa shape index (κ1) is 18.0. The SMILES string of the molecule is O=C(CSc1nnc(-c2cccs2)n1C1CC1)Nc1ccc(Br)cc1Cl. The highest BCUT2D eigenvalue weighted by Crippen LogP contribution is 2.41. The van der Waals surface area contributed by atoms with Gasteiger partial charge in [-0.1, -0.05) is 45.4 Å². The number of hydrogen-bond acceptors (Lipinski definition) is 5. The van der Waals surface area contributed by atoms with Crippen LogP contribution in [0.25, 0.3) is 10.7 Å². The zero-order valence-corrected chi connectivity index (χ0v) is 17.5. The van der Waals surface area contributed by atoms with Gasteiger partial charge < -0.3 is 5.32 Å². The average molecular weight is 470 g/mol. The molecule has 0 radical (unpaired) electrons. The van der Waals surface area contributed by atoms with Crippen LogP contribution in [-0.4, -0.2) is 26.4 Å². The first-order valence-electron chi connectivity index (χ1n) is 7.98. The van der Waals surface area contributed by atoms with E-state index in [1.165, 1.54) is 11.8 Å². The highest BCUT2D eigenvalue weighted by atomic mass is 79.9. The Balaban J connectivity index is 1.45. The van der Waals surface area contributed by atoms with E-state index >= 15 is 0 Å². The number of halogens is 2. The van der Waals surface area contributed by atoms with Crippen molar-refractivity contribution in [2.75, 3.05) is 11.1 Å². The molecule has 1 amide bonds. The molecule has 134 valence electrons. The lowest BCUT2D eigenvalue weighted by atomic mass is 10.3. The number of nitrogens with one attached hydrogen (secondary N) is 1. The first-order valence-corrected chi connectivity index (χ1v) is 11.0. The summed E-state index contributed by atoms with van der Waals surface area (Å²) in [4.78, 5) is 13.4. The van der Waals surface area contributed by atoms with E-state index in [1.54, 1.807) is 23.5 Å². The van der Waals surface area contributed by atoms with E-state index in [9.17, 15) is 4.79 Å². The Hall–Kier alpha value is -1.35. The van der Waals surface area contributed by atoms with Gasteiger partial charge in [0.25, 0.3) is 0 Å². The van der Waals surface area contributed by atoms with Crippen LogP contribution in [0.2, 0.25) is 5.02 Å². The average Bonchev–Trinajstić information content (AvgIpc) is 3.14. The maximum Gasteiger partial charge on any atom is 0.234 e. The van der Waals surface area contributed by atoms with Crippen LogP contribution in [-0.2, 0) is 4.79 Å². The van der Waals surface area contributed by atoms with Crippen molar-refractivity contribution in [1.82, 2.24) is 14.8 Å². The third-order valence-corrected chi connectivity index (χ3v) is 6.47. The molecule has 5 nitrogen and oxygen atoms in total. The predicted octanol–water partition coefficient (Wildman–Crippen LogP) is 5.49. The molecular formula is C17H14BrClN4OS2. The smallest absolute Gasteiger partial charge is 0.234 e. The molecule has 9 heteroatoms. The maximum atomic E-state index is 12.3. The minimum Gasteiger partial charge on any atom is -0.324 e. The van der Waals surface area contributed by atoms with E-state index in [0.717, 1.165) is 33.2 Å². The molecule has 26 heavy (non-hydrogen) atoms. The molecule has 0 saturated heterocycles. The highest BCUT2D eigenvalue weighted by molar-refractivity contribution is 9.10. The van der Waals surface area contributed by atoms with E-state index in [-0.39, 0.29) is 11.7 Å². The second kappa shape index (κ2) is 7.72. The summed E-state index contributed by atoms with van der Waals surface area (Å²) >= 11 is 12.5. The Kier molecular flexibility index (Phi) is 5.35. The van der Waals surface area contributed by atoms with Gasteiger partial charge >= 0.3 is 0 Å². The van der Waals surface area contributed by atoms with Gasteiger partial charge in [-0.3, -0.25) is 9.36 Å². The van der Waals surface area contributed by atoms with Crippen LogP contribution in [0, 0.1) is 0 Å². The second-order valence-corrected chi connectivity index (χ2v) is 9.06. The van der Waals surface area contributed by atoms with E-state index in [4.69, 9.17) is 11.6 Å². The largest absolute Gasteiger partial charge is 0.324 e. The summed E-state index contributed by atoms with van der Waals surface area (Å²) in [6.07, 6.45) is 2.26. The Morgan fingerprint density at radius 2 is 2.23 bits per heavy atom.